The van der Waals surface area contributed by atoms with Gasteiger partial charge in [0.25, 0.3) is 0 Å². The van der Waals surface area contributed by atoms with Gasteiger partial charge >= 0.3 is 0 Å². The Morgan fingerprint density at radius 3 is 2.86 bits per heavy atom. The molecule has 0 saturated carbocycles. The van der Waals surface area contributed by atoms with Crippen molar-refractivity contribution < 1.29 is 13.5 Å². The zero-order valence-electron chi connectivity index (χ0n) is 12.0. The number of nitrogens with one attached hydrogen (secondary N) is 2. The summed E-state index contributed by atoms with van der Waals surface area (Å²) in [5, 5.41) is 17.6. The normalized spacial score (nSPS) is 13.5. The molecule has 3 N–H and O–H groups in total. The number of aliphatic hydroxyl groups excluding tert-OH is 1. The van der Waals surface area contributed by atoms with Crippen LogP contribution in [0.5, 0.6) is 0 Å². The van der Waals surface area contributed by atoms with Gasteiger partial charge in [-0.1, -0.05) is 19.4 Å². The quantitative estimate of drug-likeness (QED) is 0.725. The second-order valence-corrected chi connectivity index (χ2v) is 7.39. The summed E-state index contributed by atoms with van der Waals surface area (Å²) in [7, 11) is -3.73. The van der Waals surface area contributed by atoms with Crippen molar-refractivity contribution in [2.24, 2.45) is 0 Å². The number of aromatic nitrogens is 2. The molecule has 21 heavy (non-hydrogen) atoms. The first kappa shape index (κ1) is 16.2. The number of H-pyrrole nitrogens is 1. The molecular formula is C13H19N3O3S2. The van der Waals surface area contributed by atoms with Crippen LogP contribution in [0.4, 0.5) is 0 Å². The summed E-state index contributed by atoms with van der Waals surface area (Å²) in [5.41, 5.74) is 0.564. The molecule has 0 bridgehead atoms. The second kappa shape index (κ2) is 6.69. The van der Waals surface area contributed by atoms with E-state index in [1.54, 1.807) is 6.92 Å². The molecular weight excluding hydrogens is 310 g/mol. The highest BCUT2D eigenvalue weighted by Gasteiger charge is 2.27. The molecule has 0 aliphatic carbocycles. The first-order valence-electron chi connectivity index (χ1n) is 6.70. The fourth-order valence-electron chi connectivity index (χ4n) is 2.22. The molecule has 0 aliphatic heterocycles. The molecule has 8 heteroatoms. The minimum atomic E-state index is -3.73. The molecule has 0 spiro atoms. The van der Waals surface area contributed by atoms with Crippen LogP contribution in [0.1, 0.15) is 42.1 Å². The van der Waals surface area contributed by atoms with E-state index in [2.05, 4.69) is 14.9 Å². The van der Waals surface area contributed by atoms with Gasteiger partial charge in [-0.3, -0.25) is 5.10 Å². The number of aliphatic hydroxyl groups is 1. The molecule has 1 atom stereocenters. The first-order chi connectivity index (χ1) is 9.99. The van der Waals surface area contributed by atoms with Crippen molar-refractivity contribution in [2.45, 2.75) is 44.2 Å². The SMILES string of the molecule is CCCC(NS(=O)(=O)c1c(CO)n[nH]c1C)c1cccs1. The number of thiophene rings is 1. The van der Waals surface area contributed by atoms with E-state index < -0.39 is 16.6 Å². The lowest BCUT2D eigenvalue weighted by atomic mass is 10.1. The molecule has 0 aromatic carbocycles. The van der Waals surface area contributed by atoms with Crippen molar-refractivity contribution >= 4 is 21.4 Å². The molecule has 0 fully saturated rings. The van der Waals surface area contributed by atoms with Crippen molar-refractivity contribution in [3.63, 3.8) is 0 Å². The van der Waals surface area contributed by atoms with E-state index in [9.17, 15) is 13.5 Å². The number of aromatic amines is 1. The lowest BCUT2D eigenvalue weighted by molar-refractivity contribution is 0.273. The minimum absolute atomic E-state index is 0.0441. The van der Waals surface area contributed by atoms with E-state index in [0.29, 0.717) is 12.1 Å². The number of rotatable bonds is 7. The summed E-state index contributed by atoms with van der Waals surface area (Å²) >= 11 is 1.52. The zero-order chi connectivity index (χ0) is 15.5. The Hall–Kier alpha value is -1.22. The Bertz CT molecular complexity index is 678. The zero-order valence-corrected chi connectivity index (χ0v) is 13.6. The molecule has 116 valence electrons. The van der Waals surface area contributed by atoms with E-state index in [0.717, 1.165) is 11.3 Å². The van der Waals surface area contributed by atoms with Crippen LogP contribution < -0.4 is 4.72 Å². The van der Waals surface area contributed by atoms with Gasteiger partial charge in [0.2, 0.25) is 10.0 Å². The maximum absolute atomic E-state index is 12.6. The molecule has 2 aromatic rings. The van der Waals surface area contributed by atoms with Gasteiger partial charge in [-0.15, -0.1) is 11.3 Å². The van der Waals surface area contributed by atoms with Gasteiger partial charge < -0.3 is 5.11 Å². The molecule has 2 aromatic heterocycles. The van der Waals surface area contributed by atoms with Crippen molar-refractivity contribution in [3.8, 4) is 0 Å². The van der Waals surface area contributed by atoms with Crippen molar-refractivity contribution in [1.29, 1.82) is 0 Å². The van der Waals surface area contributed by atoms with Crippen molar-refractivity contribution in [1.82, 2.24) is 14.9 Å². The van der Waals surface area contributed by atoms with Gasteiger partial charge in [0, 0.05) is 4.88 Å². The number of hydrogen-bond donors (Lipinski definition) is 3. The topological polar surface area (TPSA) is 95.1 Å². The number of nitrogens with zero attached hydrogens (tertiary/aromatic N) is 1. The summed E-state index contributed by atoms with van der Waals surface area (Å²) in [6.45, 7) is 3.22. The van der Waals surface area contributed by atoms with Crippen molar-refractivity contribution in [2.75, 3.05) is 0 Å². The standard InChI is InChI=1S/C13H19N3O3S2/c1-3-5-10(12-6-4-7-20-12)16-21(18,19)13-9(2)14-15-11(13)8-17/h4,6-7,10,16-17H,3,5,8H2,1-2H3,(H,14,15). The highest BCUT2D eigenvalue weighted by molar-refractivity contribution is 7.89. The van der Waals surface area contributed by atoms with Crippen LogP contribution in [0.25, 0.3) is 0 Å². The van der Waals surface area contributed by atoms with Crippen LogP contribution in [0, 0.1) is 6.92 Å². The summed E-state index contributed by atoms with van der Waals surface area (Å²) < 4.78 is 27.9. The molecule has 2 heterocycles. The number of aryl methyl sites for hydroxylation is 1. The Morgan fingerprint density at radius 1 is 1.52 bits per heavy atom. The first-order valence-corrected chi connectivity index (χ1v) is 9.06. The molecule has 0 radical (unpaired) electrons. The van der Waals surface area contributed by atoms with E-state index in [1.165, 1.54) is 11.3 Å². The summed E-state index contributed by atoms with van der Waals surface area (Å²) in [6.07, 6.45) is 1.58. The van der Waals surface area contributed by atoms with Crippen LogP contribution in [0.15, 0.2) is 22.4 Å². The van der Waals surface area contributed by atoms with Crippen LogP contribution in [-0.2, 0) is 16.6 Å². The smallest absolute Gasteiger partial charge is 0.244 e. The minimum Gasteiger partial charge on any atom is -0.390 e. The van der Waals surface area contributed by atoms with Gasteiger partial charge in [0.05, 0.1) is 18.3 Å². The van der Waals surface area contributed by atoms with Gasteiger partial charge in [0.15, 0.2) is 0 Å². The fraction of sp³-hybridized carbons (Fsp3) is 0.462. The Kier molecular flexibility index (Phi) is 5.15. The number of hydrogen-bond acceptors (Lipinski definition) is 5. The van der Waals surface area contributed by atoms with Crippen LogP contribution in [0.2, 0.25) is 0 Å². The third-order valence-corrected chi connectivity index (χ3v) is 5.80. The average molecular weight is 329 g/mol. The lowest BCUT2D eigenvalue weighted by Crippen LogP contribution is -2.29. The molecule has 6 nitrogen and oxygen atoms in total. The van der Waals surface area contributed by atoms with Gasteiger partial charge in [-0.2, -0.15) is 5.10 Å². The maximum atomic E-state index is 12.6. The van der Waals surface area contributed by atoms with Crippen LogP contribution in [-0.4, -0.2) is 23.7 Å². The molecule has 2 rings (SSSR count). The Balaban J connectivity index is 2.33. The monoisotopic (exact) mass is 329 g/mol. The highest BCUT2D eigenvalue weighted by Crippen LogP contribution is 2.27. The van der Waals surface area contributed by atoms with Gasteiger partial charge in [-0.25, -0.2) is 13.1 Å². The van der Waals surface area contributed by atoms with E-state index in [4.69, 9.17) is 0 Å². The summed E-state index contributed by atoms with van der Waals surface area (Å²) in [6, 6.07) is 3.56. The van der Waals surface area contributed by atoms with E-state index in [-0.39, 0.29) is 16.6 Å². The largest absolute Gasteiger partial charge is 0.390 e. The Morgan fingerprint density at radius 2 is 2.29 bits per heavy atom. The lowest BCUT2D eigenvalue weighted by Gasteiger charge is -2.17. The predicted molar refractivity (Wildman–Crippen MR) is 81.5 cm³/mol. The summed E-state index contributed by atoms with van der Waals surface area (Å²) in [5.74, 6) is 0. The highest BCUT2D eigenvalue weighted by atomic mass is 32.2. The number of sulfonamides is 1. The predicted octanol–water partition coefficient (Wildman–Crippen LogP) is 2.09. The molecule has 0 amide bonds. The van der Waals surface area contributed by atoms with Crippen molar-refractivity contribution in [3.05, 3.63) is 33.8 Å². The third kappa shape index (κ3) is 3.52. The van der Waals surface area contributed by atoms with Gasteiger partial charge in [-0.05, 0) is 24.8 Å². The molecule has 1 unspecified atom stereocenters. The molecule has 0 aliphatic rings. The van der Waals surface area contributed by atoms with Crippen LogP contribution >= 0.6 is 11.3 Å². The fourth-order valence-corrected chi connectivity index (χ4v) is 4.71. The van der Waals surface area contributed by atoms with Gasteiger partial charge in [0.1, 0.15) is 10.6 Å². The second-order valence-electron chi connectivity index (χ2n) is 4.76. The van der Waals surface area contributed by atoms with E-state index >= 15 is 0 Å². The summed E-state index contributed by atoms with van der Waals surface area (Å²) in [4.78, 5) is 1.02. The third-order valence-electron chi connectivity index (χ3n) is 3.14. The average Bonchev–Trinajstić information content (AvgIpc) is 3.06. The Labute approximate surface area is 128 Å². The van der Waals surface area contributed by atoms with E-state index in [1.807, 2.05) is 24.4 Å². The molecule has 0 saturated heterocycles. The van der Waals surface area contributed by atoms with Crippen LogP contribution in [0.3, 0.4) is 0 Å². The maximum Gasteiger partial charge on any atom is 0.244 e.